The standard InChI is InChI=1S/C17H21N3O3/c1-12-7-16(20-23-12)15-10-18-8-14(15)9-19-17(21)22-11-13-5-3-2-4-6-13/h2-7,14-15,18H,8-11H2,1H3,(H,19,21)/t14-,15?/m1/s1. The van der Waals surface area contributed by atoms with Crippen molar-refractivity contribution in [1.29, 1.82) is 0 Å². The molecule has 0 aliphatic carbocycles. The molecule has 1 aromatic carbocycles. The van der Waals surface area contributed by atoms with Crippen LogP contribution < -0.4 is 10.6 Å². The van der Waals surface area contributed by atoms with Crippen LogP contribution >= 0.6 is 0 Å². The van der Waals surface area contributed by atoms with Crippen molar-refractivity contribution in [2.45, 2.75) is 19.4 Å². The highest BCUT2D eigenvalue weighted by Gasteiger charge is 2.31. The summed E-state index contributed by atoms with van der Waals surface area (Å²) in [5.74, 6) is 1.34. The molecular weight excluding hydrogens is 294 g/mol. The number of rotatable bonds is 5. The Morgan fingerprint density at radius 2 is 2.22 bits per heavy atom. The van der Waals surface area contributed by atoms with Gasteiger partial charge in [-0.3, -0.25) is 0 Å². The normalized spacial score (nSPS) is 20.4. The predicted molar refractivity (Wildman–Crippen MR) is 85.0 cm³/mol. The van der Waals surface area contributed by atoms with E-state index in [0.29, 0.717) is 6.54 Å². The molecule has 1 saturated heterocycles. The number of amides is 1. The second kappa shape index (κ2) is 7.28. The zero-order chi connectivity index (χ0) is 16.1. The lowest BCUT2D eigenvalue weighted by atomic mass is 9.93. The summed E-state index contributed by atoms with van der Waals surface area (Å²) in [6, 6.07) is 11.6. The van der Waals surface area contributed by atoms with Crippen molar-refractivity contribution in [1.82, 2.24) is 15.8 Å². The Balaban J connectivity index is 1.46. The molecule has 3 rings (SSSR count). The largest absolute Gasteiger partial charge is 0.445 e. The van der Waals surface area contributed by atoms with Gasteiger partial charge in [0.1, 0.15) is 12.4 Å². The van der Waals surface area contributed by atoms with Crippen LogP contribution in [0.15, 0.2) is 40.9 Å². The predicted octanol–water partition coefficient (Wildman–Crippen LogP) is 2.21. The summed E-state index contributed by atoms with van der Waals surface area (Å²) in [6.07, 6.45) is -0.393. The number of ether oxygens (including phenoxy) is 1. The fourth-order valence-electron chi connectivity index (χ4n) is 2.84. The number of alkyl carbamates (subject to hydrolysis) is 1. The number of hydrogen-bond donors (Lipinski definition) is 2. The Morgan fingerprint density at radius 1 is 1.39 bits per heavy atom. The first-order valence-electron chi connectivity index (χ1n) is 7.81. The first-order chi connectivity index (χ1) is 11.2. The van der Waals surface area contributed by atoms with E-state index >= 15 is 0 Å². The zero-order valence-electron chi connectivity index (χ0n) is 13.1. The topological polar surface area (TPSA) is 76.4 Å². The summed E-state index contributed by atoms with van der Waals surface area (Å²) in [5.41, 5.74) is 1.91. The number of aromatic nitrogens is 1. The smallest absolute Gasteiger partial charge is 0.407 e. The number of aryl methyl sites for hydroxylation is 1. The highest BCUT2D eigenvalue weighted by molar-refractivity contribution is 5.67. The molecule has 1 aliphatic rings. The van der Waals surface area contributed by atoms with Gasteiger partial charge < -0.3 is 19.9 Å². The van der Waals surface area contributed by atoms with Gasteiger partial charge in [0, 0.05) is 31.6 Å². The van der Waals surface area contributed by atoms with E-state index in [-0.39, 0.29) is 18.4 Å². The summed E-state index contributed by atoms with van der Waals surface area (Å²) in [6.45, 7) is 4.40. The van der Waals surface area contributed by atoms with Gasteiger partial charge in [0.25, 0.3) is 0 Å². The molecule has 2 atom stereocenters. The lowest BCUT2D eigenvalue weighted by molar-refractivity contribution is 0.138. The maximum atomic E-state index is 11.8. The number of carbonyl (C=O) groups excluding carboxylic acids is 1. The molecule has 2 aromatic rings. The summed E-state index contributed by atoms with van der Waals surface area (Å²) < 4.78 is 10.4. The van der Waals surface area contributed by atoms with E-state index < -0.39 is 6.09 Å². The number of carbonyl (C=O) groups is 1. The van der Waals surface area contributed by atoms with Crippen LogP contribution in [-0.2, 0) is 11.3 Å². The van der Waals surface area contributed by atoms with Crippen LogP contribution in [0.5, 0.6) is 0 Å². The number of hydrogen-bond acceptors (Lipinski definition) is 5. The quantitative estimate of drug-likeness (QED) is 0.884. The molecule has 0 saturated carbocycles. The van der Waals surface area contributed by atoms with Crippen molar-refractivity contribution in [2.75, 3.05) is 19.6 Å². The van der Waals surface area contributed by atoms with Crippen LogP contribution in [0.4, 0.5) is 4.79 Å². The van der Waals surface area contributed by atoms with Gasteiger partial charge in [-0.15, -0.1) is 0 Å². The van der Waals surface area contributed by atoms with Gasteiger partial charge >= 0.3 is 6.09 Å². The van der Waals surface area contributed by atoms with Crippen LogP contribution in [0.1, 0.15) is 22.9 Å². The molecule has 1 amide bonds. The Bertz CT molecular complexity index is 642. The summed E-state index contributed by atoms with van der Waals surface area (Å²) >= 11 is 0. The highest BCUT2D eigenvalue weighted by Crippen LogP contribution is 2.27. The van der Waals surface area contributed by atoms with Crippen LogP contribution in [0.2, 0.25) is 0 Å². The van der Waals surface area contributed by atoms with E-state index in [1.165, 1.54) is 0 Å². The first-order valence-corrected chi connectivity index (χ1v) is 7.81. The third kappa shape index (κ3) is 4.10. The Hall–Kier alpha value is -2.34. The molecule has 6 heteroatoms. The molecule has 1 aliphatic heterocycles. The summed E-state index contributed by atoms with van der Waals surface area (Å²) in [5, 5.41) is 10.3. The van der Waals surface area contributed by atoms with Crippen molar-refractivity contribution < 1.29 is 14.1 Å². The van der Waals surface area contributed by atoms with Gasteiger partial charge in [-0.25, -0.2) is 4.79 Å². The van der Waals surface area contributed by atoms with E-state index in [2.05, 4.69) is 15.8 Å². The zero-order valence-corrected chi connectivity index (χ0v) is 13.1. The van der Waals surface area contributed by atoms with Gasteiger partial charge in [0.05, 0.1) is 5.69 Å². The van der Waals surface area contributed by atoms with Crippen LogP contribution in [0.25, 0.3) is 0 Å². The maximum absolute atomic E-state index is 11.8. The molecule has 2 N–H and O–H groups in total. The second-order valence-electron chi connectivity index (χ2n) is 5.83. The molecule has 6 nitrogen and oxygen atoms in total. The van der Waals surface area contributed by atoms with Gasteiger partial charge in [0.2, 0.25) is 0 Å². The number of nitrogens with one attached hydrogen (secondary N) is 2. The highest BCUT2D eigenvalue weighted by atomic mass is 16.5. The second-order valence-corrected chi connectivity index (χ2v) is 5.83. The lowest BCUT2D eigenvalue weighted by Gasteiger charge is -2.16. The number of benzene rings is 1. The molecule has 0 radical (unpaired) electrons. The first kappa shape index (κ1) is 15.6. The lowest BCUT2D eigenvalue weighted by Crippen LogP contribution is -2.32. The molecular formula is C17H21N3O3. The SMILES string of the molecule is Cc1cc(C2CNC[C@@H]2CNC(=O)OCc2ccccc2)no1. The molecule has 122 valence electrons. The molecule has 1 unspecified atom stereocenters. The minimum atomic E-state index is -0.393. The van der Waals surface area contributed by atoms with E-state index in [4.69, 9.17) is 9.26 Å². The van der Waals surface area contributed by atoms with Crippen LogP contribution in [-0.4, -0.2) is 30.9 Å². The van der Waals surface area contributed by atoms with Gasteiger partial charge in [-0.2, -0.15) is 0 Å². The van der Waals surface area contributed by atoms with Crippen LogP contribution in [0.3, 0.4) is 0 Å². The van der Waals surface area contributed by atoms with Crippen molar-refractivity contribution in [2.24, 2.45) is 5.92 Å². The van der Waals surface area contributed by atoms with E-state index in [1.54, 1.807) is 0 Å². The Morgan fingerprint density at radius 3 is 2.96 bits per heavy atom. The third-order valence-corrected chi connectivity index (χ3v) is 4.09. The van der Waals surface area contributed by atoms with E-state index in [1.807, 2.05) is 43.3 Å². The maximum Gasteiger partial charge on any atom is 0.407 e. The van der Waals surface area contributed by atoms with Crippen LogP contribution in [0, 0.1) is 12.8 Å². The summed E-state index contributed by atoms with van der Waals surface area (Å²) in [7, 11) is 0. The molecule has 0 spiro atoms. The Labute approximate surface area is 135 Å². The van der Waals surface area contributed by atoms with E-state index in [9.17, 15) is 4.79 Å². The molecule has 1 aromatic heterocycles. The third-order valence-electron chi connectivity index (χ3n) is 4.09. The number of nitrogens with zero attached hydrogens (tertiary/aromatic N) is 1. The minimum Gasteiger partial charge on any atom is -0.445 e. The van der Waals surface area contributed by atoms with Crippen molar-refractivity contribution in [3.05, 3.63) is 53.4 Å². The molecule has 2 heterocycles. The molecule has 1 fully saturated rings. The molecule has 23 heavy (non-hydrogen) atoms. The monoisotopic (exact) mass is 315 g/mol. The average Bonchev–Trinajstić information content (AvgIpc) is 3.20. The van der Waals surface area contributed by atoms with Gasteiger partial charge in [-0.1, -0.05) is 35.5 Å². The van der Waals surface area contributed by atoms with Gasteiger partial charge in [0.15, 0.2) is 0 Å². The van der Waals surface area contributed by atoms with Crippen molar-refractivity contribution in [3.8, 4) is 0 Å². The van der Waals surface area contributed by atoms with Gasteiger partial charge in [-0.05, 0) is 18.4 Å². The van der Waals surface area contributed by atoms with Crippen molar-refractivity contribution >= 4 is 6.09 Å². The van der Waals surface area contributed by atoms with E-state index in [0.717, 1.165) is 30.1 Å². The fraction of sp³-hybridized carbons (Fsp3) is 0.412. The Kier molecular flexibility index (Phi) is 4.92. The summed E-state index contributed by atoms with van der Waals surface area (Å²) in [4.78, 5) is 11.8. The minimum absolute atomic E-state index is 0.252. The average molecular weight is 315 g/mol. The van der Waals surface area contributed by atoms with Crippen molar-refractivity contribution in [3.63, 3.8) is 0 Å². The fourth-order valence-corrected chi connectivity index (χ4v) is 2.84. The molecule has 0 bridgehead atoms.